The van der Waals surface area contributed by atoms with Gasteiger partial charge < -0.3 is 5.11 Å². The van der Waals surface area contributed by atoms with E-state index in [-0.39, 0.29) is 5.92 Å². The Morgan fingerprint density at radius 2 is 1.95 bits per heavy atom. The highest BCUT2D eigenvalue weighted by molar-refractivity contribution is 5.81. The fourth-order valence-electron chi connectivity index (χ4n) is 3.06. The van der Waals surface area contributed by atoms with Gasteiger partial charge in [0.1, 0.15) is 5.78 Å². The predicted octanol–water partition coefficient (Wildman–Crippen LogP) is 3.75. The molecule has 2 nitrogen and oxygen atoms in total. The van der Waals surface area contributed by atoms with Crippen LogP contribution < -0.4 is 0 Å². The molecule has 2 heteroatoms. The van der Waals surface area contributed by atoms with Crippen LogP contribution in [-0.4, -0.2) is 10.9 Å². The van der Waals surface area contributed by atoms with Gasteiger partial charge in [0.15, 0.2) is 0 Å². The minimum atomic E-state index is -0.513. The molecule has 1 aliphatic rings. The minimum absolute atomic E-state index is 0.0383. The number of aliphatic hydroxyl groups excluding tert-OH is 1. The molecule has 1 fully saturated rings. The summed E-state index contributed by atoms with van der Waals surface area (Å²) in [6, 6.07) is 9.66. The second-order valence-electron chi connectivity index (χ2n) is 6.10. The lowest BCUT2D eigenvalue weighted by atomic mass is 9.73. The maximum absolute atomic E-state index is 12.0. The quantitative estimate of drug-likeness (QED) is 0.895. The van der Waals surface area contributed by atoms with Crippen LogP contribution in [0.5, 0.6) is 0 Å². The van der Waals surface area contributed by atoms with Crippen molar-refractivity contribution in [1.29, 1.82) is 0 Å². The van der Waals surface area contributed by atoms with E-state index in [1.54, 1.807) is 0 Å². The molecule has 104 valence electrons. The molecule has 1 N–H and O–H groups in total. The molecule has 1 saturated carbocycles. The smallest absolute Gasteiger partial charge is 0.136 e. The van der Waals surface area contributed by atoms with Gasteiger partial charge in [0.05, 0.1) is 6.10 Å². The normalized spacial score (nSPS) is 25.6. The highest BCUT2D eigenvalue weighted by atomic mass is 16.3. The van der Waals surface area contributed by atoms with Crippen molar-refractivity contribution in [1.82, 2.24) is 0 Å². The molecule has 1 aromatic rings. The standard InChI is InChI=1S/C17H24O2/c1-12(2)14-8-9-16(18)15(10-14)11-17(19)13-6-4-3-5-7-13/h3-7,12,14-15,17,19H,8-11H2,1-2H3. The monoisotopic (exact) mass is 260 g/mol. The van der Waals surface area contributed by atoms with Gasteiger partial charge in [0.2, 0.25) is 0 Å². The van der Waals surface area contributed by atoms with Crippen LogP contribution in [-0.2, 0) is 4.79 Å². The summed E-state index contributed by atoms with van der Waals surface area (Å²) < 4.78 is 0. The molecular weight excluding hydrogens is 236 g/mol. The van der Waals surface area contributed by atoms with E-state index in [9.17, 15) is 9.90 Å². The third-order valence-corrected chi connectivity index (χ3v) is 4.44. The first-order chi connectivity index (χ1) is 9.08. The predicted molar refractivity (Wildman–Crippen MR) is 76.7 cm³/mol. The first-order valence-electron chi connectivity index (χ1n) is 7.33. The van der Waals surface area contributed by atoms with Crippen molar-refractivity contribution in [2.24, 2.45) is 17.8 Å². The third-order valence-electron chi connectivity index (χ3n) is 4.44. The molecule has 0 bridgehead atoms. The Bertz CT molecular complexity index is 411. The topological polar surface area (TPSA) is 37.3 Å². The lowest BCUT2D eigenvalue weighted by Gasteiger charge is -2.31. The molecular formula is C17H24O2. The van der Waals surface area contributed by atoms with E-state index in [1.807, 2.05) is 30.3 Å². The first kappa shape index (κ1) is 14.3. The summed E-state index contributed by atoms with van der Waals surface area (Å²) in [7, 11) is 0. The Labute approximate surface area is 115 Å². The van der Waals surface area contributed by atoms with Crippen molar-refractivity contribution in [3.8, 4) is 0 Å². The van der Waals surface area contributed by atoms with Crippen molar-refractivity contribution >= 4 is 5.78 Å². The average molecular weight is 260 g/mol. The first-order valence-corrected chi connectivity index (χ1v) is 7.33. The fourth-order valence-corrected chi connectivity index (χ4v) is 3.06. The highest BCUT2D eigenvalue weighted by Gasteiger charge is 2.31. The molecule has 0 saturated heterocycles. The van der Waals surface area contributed by atoms with Crippen molar-refractivity contribution in [2.75, 3.05) is 0 Å². The summed E-state index contributed by atoms with van der Waals surface area (Å²) in [6.07, 6.45) is 2.72. The molecule has 3 atom stereocenters. The Morgan fingerprint density at radius 1 is 1.26 bits per heavy atom. The van der Waals surface area contributed by atoms with Gasteiger partial charge >= 0.3 is 0 Å². The summed E-state index contributed by atoms with van der Waals surface area (Å²) in [6.45, 7) is 4.45. The molecule has 0 amide bonds. The van der Waals surface area contributed by atoms with Crippen LogP contribution in [0.15, 0.2) is 30.3 Å². The minimum Gasteiger partial charge on any atom is -0.388 e. The average Bonchev–Trinajstić information content (AvgIpc) is 2.42. The van der Waals surface area contributed by atoms with Crippen LogP contribution in [0.2, 0.25) is 0 Å². The molecule has 19 heavy (non-hydrogen) atoms. The Hall–Kier alpha value is -1.15. The SMILES string of the molecule is CC(C)C1CCC(=O)C(CC(O)c2ccccc2)C1. The van der Waals surface area contributed by atoms with E-state index in [1.165, 1.54) is 0 Å². The van der Waals surface area contributed by atoms with E-state index < -0.39 is 6.10 Å². The van der Waals surface area contributed by atoms with Gasteiger partial charge in [-0.2, -0.15) is 0 Å². The Balaban J connectivity index is 1.99. The van der Waals surface area contributed by atoms with Gasteiger partial charge in [-0.05, 0) is 36.7 Å². The van der Waals surface area contributed by atoms with Gasteiger partial charge in [-0.1, -0.05) is 44.2 Å². The number of carbonyl (C=O) groups excluding carboxylic acids is 1. The van der Waals surface area contributed by atoms with Crippen molar-refractivity contribution in [3.63, 3.8) is 0 Å². The maximum Gasteiger partial charge on any atom is 0.136 e. The third kappa shape index (κ3) is 3.66. The lowest BCUT2D eigenvalue weighted by molar-refractivity contribution is -0.127. The zero-order valence-electron chi connectivity index (χ0n) is 11.9. The van der Waals surface area contributed by atoms with Crippen molar-refractivity contribution in [2.45, 2.75) is 45.6 Å². The summed E-state index contributed by atoms with van der Waals surface area (Å²) in [5.41, 5.74) is 0.918. The largest absolute Gasteiger partial charge is 0.388 e. The molecule has 1 aromatic carbocycles. The molecule has 0 aromatic heterocycles. The number of carbonyl (C=O) groups is 1. The van der Waals surface area contributed by atoms with Gasteiger partial charge in [-0.25, -0.2) is 0 Å². The van der Waals surface area contributed by atoms with E-state index in [4.69, 9.17) is 0 Å². The molecule has 0 aliphatic heterocycles. The summed E-state index contributed by atoms with van der Waals surface area (Å²) in [4.78, 5) is 12.0. The van der Waals surface area contributed by atoms with E-state index in [2.05, 4.69) is 13.8 Å². The number of aliphatic hydroxyl groups is 1. The zero-order chi connectivity index (χ0) is 13.8. The Kier molecular flexibility index (Phi) is 4.76. The fraction of sp³-hybridized carbons (Fsp3) is 0.588. The van der Waals surface area contributed by atoms with Crippen LogP contribution >= 0.6 is 0 Å². The van der Waals surface area contributed by atoms with Crippen LogP contribution in [0.25, 0.3) is 0 Å². The van der Waals surface area contributed by atoms with E-state index in [0.717, 1.165) is 18.4 Å². The van der Waals surface area contributed by atoms with E-state index >= 15 is 0 Å². The number of benzene rings is 1. The molecule has 0 spiro atoms. The second-order valence-corrected chi connectivity index (χ2v) is 6.10. The molecule has 2 rings (SSSR count). The second kappa shape index (κ2) is 6.33. The summed E-state index contributed by atoms with van der Waals surface area (Å²) >= 11 is 0. The Morgan fingerprint density at radius 3 is 2.58 bits per heavy atom. The van der Waals surface area contributed by atoms with Gasteiger partial charge in [-0.3, -0.25) is 4.79 Å². The maximum atomic E-state index is 12.0. The lowest BCUT2D eigenvalue weighted by Crippen LogP contribution is -2.28. The summed E-state index contributed by atoms with van der Waals surface area (Å²) in [5, 5.41) is 10.3. The van der Waals surface area contributed by atoms with Crippen LogP contribution in [0.4, 0.5) is 0 Å². The molecule has 1 aliphatic carbocycles. The molecule has 0 heterocycles. The number of rotatable bonds is 4. The highest BCUT2D eigenvalue weighted by Crippen LogP contribution is 2.36. The van der Waals surface area contributed by atoms with Gasteiger partial charge in [0, 0.05) is 12.3 Å². The zero-order valence-corrected chi connectivity index (χ0v) is 11.9. The van der Waals surface area contributed by atoms with E-state index in [0.29, 0.717) is 30.5 Å². The van der Waals surface area contributed by atoms with Crippen LogP contribution in [0.3, 0.4) is 0 Å². The van der Waals surface area contributed by atoms with Gasteiger partial charge in [-0.15, -0.1) is 0 Å². The number of hydrogen-bond acceptors (Lipinski definition) is 2. The molecule has 3 unspecified atom stereocenters. The van der Waals surface area contributed by atoms with Crippen LogP contribution in [0.1, 0.15) is 51.2 Å². The van der Waals surface area contributed by atoms with Crippen molar-refractivity contribution in [3.05, 3.63) is 35.9 Å². The number of Topliss-reactive ketones (excluding diaryl/α,β-unsaturated/α-hetero) is 1. The summed E-state index contributed by atoms with van der Waals surface area (Å²) in [5.74, 6) is 1.64. The van der Waals surface area contributed by atoms with Crippen LogP contribution in [0, 0.1) is 17.8 Å². The number of hydrogen-bond donors (Lipinski definition) is 1. The number of ketones is 1. The van der Waals surface area contributed by atoms with Gasteiger partial charge in [0.25, 0.3) is 0 Å². The molecule has 0 radical (unpaired) electrons. The van der Waals surface area contributed by atoms with Crippen molar-refractivity contribution < 1.29 is 9.90 Å².